The predicted octanol–water partition coefficient (Wildman–Crippen LogP) is 1.94. The van der Waals surface area contributed by atoms with E-state index in [0.29, 0.717) is 19.7 Å². The Morgan fingerprint density at radius 2 is 1.88 bits per heavy atom. The number of methoxy groups -OCH3 is 1. The molecule has 0 radical (unpaired) electrons. The molecule has 1 saturated heterocycles. The summed E-state index contributed by atoms with van der Waals surface area (Å²) in [6, 6.07) is 4.34. The number of sulfonamides is 1. The maximum atomic E-state index is 13.0. The Kier molecular flexibility index (Phi) is 6.59. The fourth-order valence-corrected chi connectivity index (χ4v) is 4.34. The third kappa shape index (κ3) is 4.25. The zero-order valence-electron chi connectivity index (χ0n) is 14.1. The van der Waals surface area contributed by atoms with E-state index in [1.54, 1.807) is 6.92 Å². The molecule has 0 saturated carbocycles. The van der Waals surface area contributed by atoms with Crippen molar-refractivity contribution in [3.63, 3.8) is 0 Å². The van der Waals surface area contributed by atoms with E-state index in [1.165, 1.54) is 29.6 Å². The molecule has 0 bridgehead atoms. The second-order valence-corrected chi connectivity index (χ2v) is 7.45. The van der Waals surface area contributed by atoms with E-state index in [4.69, 9.17) is 9.57 Å². The van der Waals surface area contributed by atoms with Gasteiger partial charge in [-0.25, -0.2) is 13.9 Å². The minimum Gasteiger partial charge on any atom is -0.495 e. The van der Waals surface area contributed by atoms with E-state index < -0.39 is 15.9 Å². The van der Waals surface area contributed by atoms with Gasteiger partial charge in [-0.1, -0.05) is 12.8 Å². The van der Waals surface area contributed by atoms with Crippen molar-refractivity contribution < 1.29 is 22.8 Å². The molecule has 1 amide bonds. The Morgan fingerprint density at radius 1 is 1.21 bits per heavy atom. The number of amides is 1. The first-order chi connectivity index (χ1) is 11.5. The van der Waals surface area contributed by atoms with E-state index in [0.717, 1.165) is 25.7 Å². The molecule has 1 aliphatic rings. The van der Waals surface area contributed by atoms with Crippen molar-refractivity contribution >= 4 is 15.9 Å². The Balaban J connectivity index is 2.37. The van der Waals surface area contributed by atoms with Gasteiger partial charge in [0.05, 0.1) is 13.7 Å². The number of hydrogen-bond acceptors (Lipinski definition) is 5. The lowest BCUT2D eigenvalue weighted by Gasteiger charge is -2.21. The minimum atomic E-state index is -3.72. The highest BCUT2D eigenvalue weighted by atomic mass is 32.2. The van der Waals surface area contributed by atoms with Crippen LogP contribution in [0.5, 0.6) is 5.75 Å². The summed E-state index contributed by atoms with van der Waals surface area (Å²) in [5.74, 6) is -0.265. The van der Waals surface area contributed by atoms with E-state index >= 15 is 0 Å². The van der Waals surface area contributed by atoms with E-state index in [2.05, 4.69) is 5.48 Å². The first-order valence-electron chi connectivity index (χ1n) is 8.11. The van der Waals surface area contributed by atoms with Gasteiger partial charge in [0, 0.05) is 18.7 Å². The lowest BCUT2D eigenvalue weighted by molar-refractivity contribution is 0.0364. The number of ether oxygens (including phenoxy) is 1. The van der Waals surface area contributed by atoms with Crippen LogP contribution in [0.2, 0.25) is 0 Å². The van der Waals surface area contributed by atoms with Crippen LogP contribution in [0.15, 0.2) is 23.1 Å². The highest BCUT2D eigenvalue weighted by molar-refractivity contribution is 7.89. The van der Waals surface area contributed by atoms with Crippen molar-refractivity contribution in [1.29, 1.82) is 0 Å². The number of nitrogens with zero attached hydrogens (tertiary/aromatic N) is 1. The second kappa shape index (κ2) is 8.46. The number of rotatable bonds is 6. The van der Waals surface area contributed by atoms with Gasteiger partial charge in [-0.3, -0.25) is 9.63 Å². The van der Waals surface area contributed by atoms with E-state index in [-0.39, 0.29) is 16.2 Å². The molecule has 134 valence electrons. The van der Waals surface area contributed by atoms with Crippen LogP contribution in [0.25, 0.3) is 0 Å². The molecule has 1 aliphatic heterocycles. The predicted molar refractivity (Wildman–Crippen MR) is 89.3 cm³/mol. The van der Waals surface area contributed by atoms with Crippen LogP contribution < -0.4 is 10.2 Å². The van der Waals surface area contributed by atoms with Crippen LogP contribution >= 0.6 is 0 Å². The first kappa shape index (κ1) is 18.7. The summed E-state index contributed by atoms with van der Waals surface area (Å²) in [4.78, 5) is 16.9. The van der Waals surface area contributed by atoms with Crippen LogP contribution in [0, 0.1) is 0 Å². The van der Waals surface area contributed by atoms with Gasteiger partial charge in [-0.2, -0.15) is 4.31 Å². The van der Waals surface area contributed by atoms with Gasteiger partial charge in [0.25, 0.3) is 5.91 Å². The average molecular weight is 356 g/mol. The molecule has 0 atom stereocenters. The van der Waals surface area contributed by atoms with Crippen LogP contribution in [0.4, 0.5) is 0 Å². The van der Waals surface area contributed by atoms with Crippen LogP contribution in [-0.4, -0.2) is 45.4 Å². The molecule has 2 rings (SSSR count). The Morgan fingerprint density at radius 3 is 2.46 bits per heavy atom. The molecule has 1 N–H and O–H groups in total. The molecule has 24 heavy (non-hydrogen) atoms. The molecule has 0 spiro atoms. The topological polar surface area (TPSA) is 84.9 Å². The van der Waals surface area contributed by atoms with Crippen molar-refractivity contribution in [3.05, 3.63) is 23.8 Å². The zero-order valence-corrected chi connectivity index (χ0v) is 14.9. The molecule has 1 fully saturated rings. The third-order valence-corrected chi connectivity index (χ3v) is 5.84. The maximum absolute atomic E-state index is 13.0. The standard InChI is InChI=1S/C16H24N2O5S/c1-3-23-17-16(19)13-8-9-14(22-2)15(12-13)24(20,21)18-10-6-4-5-7-11-18/h8-9,12H,3-7,10-11H2,1-2H3,(H,17,19). The van der Waals surface area contributed by atoms with E-state index in [1.807, 2.05) is 0 Å². The SMILES string of the molecule is CCONC(=O)c1ccc(OC)c(S(=O)(=O)N2CCCCCC2)c1. The Labute approximate surface area is 142 Å². The summed E-state index contributed by atoms with van der Waals surface area (Å²) < 4.78 is 32.7. The lowest BCUT2D eigenvalue weighted by atomic mass is 10.2. The fraction of sp³-hybridized carbons (Fsp3) is 0.562. The largest absolute Gasteiger partial charge is 0.495 e. The van der Waals surface area contributed by atoms with Crippen LogP contribution in [0.1, 0.15) is 43.0 Å². The molecule has 0 unspecified atom stereocenters. The molecule has 1 heterocycles. The van der Waals surface area contributed by atoms with Crippen molar-refractivity contribution in [2.75, 3.05) is 26.8 Å². The highest BCUT2D eigenvalue weighted by Gasteiger charge is 2.29. The maximum Gasteiger partial charge on any atom is 0.274 e. The van der Waals surface area contributed by atoms with Crippen LogP contribution in [0.3, 0.4) is 0 Å². The summed E-state index contributed by atoms with van der Waals surface area (Å²) in [6.45, 7) is 3.03. The van der Waals surface area contributed by atoms with Crippen molar-refractivity contribution in [3.8, 4) is 5.75 Å². The highest BCUT2D eigenvalue weighted by Crippen LogP contribution is 2.29. The number of carbonyl (C=O) groups is 1. The summed E-state index contributed by atoms with van der Waals surface area (Å²) in [5.41, 5.74) is 2.47. The van der Waals surface area contributed by atoms with Gasteiger partial charge < -0.3 is 4.74 Å². The monoisotopic (exact) mass is 356 g/mol. The Bertz CT molecular complexity index is 667. The molecule has 1 aromatic rings. The van der Waals surface area contributed by atoms with Gasteiger partial charge in [0.2, 0.25) is 10.0 Å². The molecule has 7 nitrogen and oxygen atoms in total. The molecule has 8 heteroatoms. The van der Waals surface area contributed by atoms with Gasteiger partial charge in [-0.05, 0) is 38.0 Å². The number of hydrogen-bond donors (Lipinski definition) is 1. The van der Waals surface area contributed by atoms with Crippen molar-refractivity contribution in [2.45, 2.75) is 37.5 Å². The summed E-state index contributed by atoms with van der Waals surface area (Å²) in [6.07, 6.45) is 3.73. The number of benzene rings is 1. The Hall–Kier alpha value is -1.64. The van der Waals surface area contributed by atoms with Gasteiger partial charge >= 0.3 is 0 Å². The average Bonchev–Trinajstić information content (AvgIpc) is 2.89. The fourth-order valence-electron chi connectivity index (χ4n) is 2.64. The number of carbonyl (C=O) groups excluding carboxylic acids is 1. The normalized spacial score (nSPS) is 16.4. The minimum absolute atomic E-state index is 0.0102. The number of nitrogens with one attached hydrogen (secondary N) is 1. The van der Waals surface area contributed by atoms with E-state index in [9.17, 15) is 13.2 Å². The zero-order chi connectivity index (χ0) is 17.6. The molecular formula is C16H24N2O5S. The molecule has 1 aromatic carbocycles. The molecular weight excluding hydrogens is 332 g/mol. The summed E-state index contributed by atoms with van der Waals surface area (Å²) in [5, 5.41) is 0. The van der Waals surface area contributed by atoms with Crippen molar-refractivity contribution in [2.24, 2.45) is 0 Å². The molecule has 0 aliphatic carbocycles. The quantitative estimate of drug-likeness (QED) is 0.788. The second-order valence-electron chi connectivity index (χ2n) is 5.55. The number of hydroxylamine groups is 1. The van der Waals surface area contributed by atoms with Gasteiger partial charge in [0.1, 0.15) is 10.6 Å². The summed E-state index contributed by atoms with van der Waals surface area (Å²) in [7, 11) is -2.30. The summed E-state index contributed by atoms with van der Waals surface area (Å²) >= 11 is 0. The lowest BCUT2D eigenvalue weighted by Crippen LogP contribution is -2.32. The molecule has 0 aromatic heterocycles. The third-order valence-electron chi connectivity index (χ3n) is 3.92. The van der Waals surface area contributed by atoms with Gasteiger partial charge in [0.15, 0.2) is 0 Å². The first-order valence-corrected chi connectivity index (χ1v) is 9.55. The van der Waals surface area contributed by atoms with Crippen LogP contribution in [-0.2, 0) is 14.9 Å². The smallest absolute Gasteiger partial charge is 0.274 e. The van der Waals surface area contributed by atoms with Gasteiger partial charge in [-0.15, -0.1) is 0 Å². The van der Waals surface area contributed by atoms with Crippen molar-refractivity contribution in [1.82, 2.24) is 9.79 Å².